The van der Waals surface area contributed by atoms with E-state index in [2.05, 4.69) is 20.9 Å². The highest BCUT2D eigenvalue weighted by Gasteiger charge is 2.20. The third-order valence-corrected chi connectivity index (χ3v) is 2.55. The Morgan fingerprint density at radius 2 is 2.25 bits per heavy atom. The number of pyridine rings is 1. The van der Waals surface area contributed by atoms with E-state index in [1.807, 2.05) is 0 Å². The number of hydrogen-bond acceptors (Lipinski definition) is 3. The third-order valence-electron chi connectivity index (χ3n) is 1.95. The number of anilines is 1. The average molecular weight is 295 g/mol. The fraction of sp³-hybridized carbons (Fsp3) is 0.333. The monoisotopic (exact) mass is 294 g/mol. The summed E-state index contributed by atoms with van der Waals surface area (Å²) in [5.41, 5.74) is 5.24. The van der Waals surface area contributed by atoms with Crippen LogP contribution in [0.25, 0.3) is 0 Å². The van der Waals surface area contributed by atoms with Gasteiger partial charge in [0, 0.05) is 5.33 Å². The van der Waals surface area contributed by atoms with Crippen LogP contribution in [0.3, 0.4) is 0 Å². The summed E-state index contributed by atoms with van der Waals surface area (Å²) in [7, 11) is 0. The molecule has 0 atom stereocenters. The van der Waals surface area contributed by atoms with Crippen LogP contribution in [0, 0.1) is 0 Å². The smallest absolute Gasteiger partial charge is 0.307 e. The Hall–Kier alpha value is -1.24. The van der Waals surface area contributed by atoms with Gasteiger partial charge in [-0.1, -0.05) is 15.9 Å². The minimum atomic E-state index is -2.84. The molecular formula is C9H9BrF2N2O2. The summed E-state index contributed by atoms with van der Waals surface area (Å²) in [6, 6.07) is 1.39. The fourth-order valence-corrected chi connectivity index (χ4v) is 1.82. The number of alkyl halides is 3. The van der Waals surface area contributed by atoms with E-state index in [9.17, 15) is 13.6 Å². The number of nitrogens with zero attached hydrogens (tertiary/aromatic N) is 1. The molecule has 0 fully saturated rings. The zero-order chi connectivity index (χ0) is 12.3. The molecule has 1 aromatic rings. The summed E-state index contributed by atoms with van der Waals surface area (Å²) in [6.45, 7) is 0. The van der Waals surface area contributed by atoms with Gasteiger partial charge in [-0.3, -0.25) is 4.79 Å². The first kappa shape index (κ1) is 12.8. The van der Waals surface area contributed by atoms with E-state index >= 15 is 0 Å². The van der Waals surface area contributed by atoms with E-state index < -0.39 is 24.5 Å². The molecule has 1 rings (SSSR count). The van der Waals surface area contributed by atoms with Gasteiger partial charge in [0.2, 0.25) is 0 Å². The largest absolute Gasteiger partial charge is 0.481 e. The number of carboxylic acids is 1. The molecule has 0 radical (unpaired) electrons. The summed E-state index contributed by atoms with van der Waals surface area (Å²) < 4.78 is 25.3. The molecule has 0 aliphatic carbocycles. The molecule has 0 saturated heterocycles. The quantitative estimate of drug-likeness (QED) is 0.834. The Kier molecular flexibility index (Phi) is 4.17. The second-order valence-electron chi connectivity index (χ2n) is 3.07. The molecule has 88 valence electrons. The summed E-state index contributed by atoms with van der Waals surface area (Å²) in [5.74, 6) is -1.23. The minimum Gasteiger partial charge on any atom is -0.481 e. The highest BCUT2D eigenvalue weighted by molar-refractivity contribution is 9.08. The molecule has 7 heteroatoms. The number of carboxylic acid groups (broad SMARTS) is 1. The number of nitrogens with two attached hydrogens (primary N) is 1. The molecule has 1 heterocycles. The van der Waals surface area contributed by atoms with Crippen molar-refractivity contribution < 1.29 is 18.7 Å². The second kappa shape index (κ2) is 5.20. The lowest BCUT2D eigenvalue weighted by Crippen LogP contribution is -2.10. The van der Waals surface area contributed by atoms with Crippen LogP contribution in [0.15, 0.2) is 6.07 Å². The Morgan fingerprint density at radius 1 is 1.62 bits per heavy atom. The highest BCUT2D eigenvalue weighted by atomic mass is 79.9. The summed E-state index contributed by atoms with van der Waals surface area (Å²) >= 11 is 3.09. The Labute approximate surface area is 98.6 Å². The van der Waals surface area contributed by atoms with Crippen molar-refractivity contribution in [1.29, 1.82) is 0 Å². The van der Waals surface area contributed by atoms with Crippen LogP contribution in [0.5, 0.6) is 0 Å². The van der Waals surface area contributed by atoms with Crippen molar-refractivity contribution in [1.82, 2.24) is 4.98 Å². The summed E-state index contributed by atoms with van der Waals surface area (Å²) in [6.07, 6.45) is -3.33. The molecule has 0 aromatic carbocycles. The molecule has 4 nitrogen and oxygen atoms in total. The minimum absolute atomic E-state index is 0.0218. The van der Waals surface area contributed by atoms with E-state index in [1.165, 1.54) is 6.07 Å². The number of aliphatic carboxylic acids is 1. The van der Waals surface area contributed by atoms with Crippen LogP contribution in [0.1, 0.15) is 23.2 Å². The van der Waals surface area contributed by atoms with Gasteiger partial charge in [-0.15, -0.1) is 0 Å². The molecule has 0 spiro atoms. The van der Waals surface area contributed by atoms with E-state index in [0.717, 1.165) is 0 Å². The molecular weight excluding hydrogens is 286 g/mol. The highest BCUT2D eigenvalue weighted by Crippen LogP contribution is 2.27. The molecule has 3 N–H and O–H groups in total. The number of carbonyl (C=O) groups is 1. The van der Waals surface area contributed by atoms with Gasteiger partial charge < -0.3 is 10.8 Å². The molecule has 16 heavy (non-hydrogen) atoms. The number of halogens is 3. The van der Waals surface area contributed by atoms with Crippen molar-refractivity contribution in [3.8, 4) is 0 Å². The van der Waals surface area contributed by atoms with Crippen LogP contribution in [-0.4, -0.2) is 16.1 Å². The van der Waals surface area contributed by atoms with E-state index in [0.29, 0.717) is 5.56 Å². The average Bonchev–Trinajstić information content (AvgIpc) is 2.19. The zero-order valence-corrected chi connectivity index (χ0v) is 9.67. The van der Waals surface area contributed by atoms with Crippen LogP contribution in [0.4, 0.5) is 14.6 Å². The molecule has 0 aliphatic heterocycles. The van der Waals surface area contributed by atoms with Crippen LogP contribution in [-0.2, 0) is 16.5 Å². The van der Waals surface area contributed by atoms with Crippen molar-refractivity contribution in [2.45, 2.75) is 18.2 Å². The predicted octanol–water partition coefficient (Wildman–Crippen LogP) is 2.12. The van der Waals surface area contributed by atoms with Crippen molar-refractivity contribution in [2.24, 2.45) is 0 Å². The van der Waals surface area contributed by atoms with Gasteiger partial charge in [0.1, 0.15) is 11.5 Å². The fourth-order valence-electron chi connectivity index (χ4n) is 1.32. The van der Waals surface area contributed by atoms with Crippen molar-refractivity contribution >= 4 is 27.7 Å². The molecule has 0 unspecified atom stereocenters. The van der Waals surface area contributed by atoms with Crippen LogP contribution >= 0.6 is 15.9 Å². The van der Waals surface area contributed by atoms with Crippen molar-refractivity contribution in [2.75, 3.05) is 5.73 Å². The van der Waals surface area contributed by atoms with E-state index in [1.54, 1.807) is 0 Å². The maximum Gasteiger partial charge on any atom is 0.307 e. The lowest BCUT2D eigenvalue weighted by atomic mass is 10.0. The van der Waals surface area contributed by atoms with Crippen LogP contribution < -0.4 is 5.73 Å². The lowest BCUT2D eigenvalue weighted by Gasteiger charge is -2.11. The molecule has 0 bridgehead atoms. The van der Waals surface area contributed by atoms with E-state index in [4.69, 9.17) is 10.8 Å². The Balaban J connectivity index is 3.32. The lowest BCUT2D eigenvalue weighted by molar-refractivity contribution is -0.136. The maximum absolute atomic E-state index is 12.6. The molecule has 1 aromatic heterocycles. The van der Waals surface area contributed by atoms with Crippen LogP contribution in [0.2, 0.25) is 0 Å². The van der Waals surface area contributed by atoms with Gasteiger partial charge in [0.15, 0.2) is 0 Å². The predicted molar refractivity (Wildman–Crippen MR) is 57.6 cm³/mol. The zero-order valence-electron chi connectivity index (χ0n) is 8.08. The van der Waals surface area contributed by atoms with Gasteiger partial charge in [-0.2, -0.15) is 0 Å². The second-order valence-corrected chi connectivity index (χ2v) is 3.64. The van der Waals surface area contributed by atoms with Gasteiger partial charge >= 0.3 is 5.97 Å². The number of nitrogen functional groups attached to an aromatic ring is 1. The summed E-state index contributed by atoms with van der Waals surface area (Å²) in [5, 5.41) is 8.90. The normalized spacial score (nSPS) is 10.8. The molecule has 0 aliphatic rings. The first-order chi connectivity index (χ1) is 7.45. The number of aromatic nitrogens is 1. The van der Waals surface area contributed by atoms with Crippen molar-refractivity contribution in [3.05, 3.63) is 22.9 Å². The Morgan fingerprint density at radius 3 is 2.69 bits per heavy atom. The third kappa shape index (κ3) is 2.88. The van der Waals surface area contributed by atoms with Gasteiger partial charge in [-0.25, -0.2) is 13.8 Å². The molecule has 0 saturated carbocycles. The number of hydrogen-bond donors (Lipinski definition) is 2. The first-order valence-electron chi connectivity index (χ1n) is 4.29. The Bertz CT molecular complexity index is 413. The van der Waals surface area contributed by atoms with Gasteiger partial charge in [0.25, 0.3) is 6.43 Å². The van der Waals surface area contributed by atoms with Gasteiger partial charge in [-0.05, 0) is 17.2 Å². The van der Waals surface area contributed by atoms with Crippen molar-refractivity contribution in [3.63, 3.8) is 0 Å². The van der Waals surface area contributed by atoms with Gasteiger partial charge in [0.05, 0.1) is 6.42 Å². The summed E-state index contributed by atoms with van der Waals surface area (Å²) in [4.78, 5) is 14.1. The SMILES string of the molecule is Nc1cc(CBr)c(CC(=O)O)c(C(F)F)n1. The standard InChI is InChI=1S/C9H9BrF2N2O2/c10-3-4-1-6(13)14-8(9(11)12)5(4)2-7(15)16/h1,9H,2-3H2,(H2,13,14)(H,15,16). The number of rotatable bonds is 4. The van der Waals surface area contributed by atoms with E-state index in [-0.39, 0.29) is 16.7 Å². The molecule has 0 amide bonds. The topological polar surface area (TPSA) is 76.2 Å². The first-order valence-corrected chi connectivity index (χ1v) is 5.42. The maximum atomic E-state index is 12.6.